The largest absolute Gasteiger partial charge is 0.382 e. The standard InChI is InChI=1S/C8H9N5O/c1-5-11-7(9)6-8(12-5)13(2-3-14)4-10-6/h3-4H,2H2,1H3,(H2,9,11,12). The van der Waals surface area contributed by atoms with Gasteiger partial charge in [0.2, 0.25) is 0 Å². The molecule has 2 heterocycles. The van der Waals surface area contributed by atoms with E-state index in [0.29, 0.717) is 22.8 Å². The van der Waals surface area contributed by atoms with Gasteiger partial charge in [0, 0.05) is 0 Å². The Morgan fingerprint density at radius 3 is 3.07 bits per heavy atom. The van der Waals surface area contributed by atoms with Gasteiger partial charge in [0.15, 0.2) is 11.5 Å². The molecule has 0 spiro atoms. The highest BCUT2D eigenvalue weighted by Gasteiger charge is 2.08. The Kier molecular flexibility index (Phi) is 1.88. The second-order valence-electron chi connectivity index (χ2n) is 2.89. The molecule has 0 aliphatic heterocycles. The van der Waals surface area contributed by atoms with Crippen LogP contribution in [0, 0.1) is 6.92 Å². The molecule has 6 heteroatoms. The summed E-state index contributed by atoms with van der Waals surface area (Å²) in [6.45, 7) is 1.97. The third kappa shape index (κ3) is 1.20. The summed E-state index contributed by atoms with van der Waals surface area (Å²) in [5, 5.41) is 0. The third-order valence-electron chi connectivity index (χ3n) is 1.87. The number of fused-ring (bicyclic) bond motifs is 1. The number of aromatic nitrogens is 4. The molecule has 14 heavy (non-hydrogen) atoms. The normalized spacial score (nSPS) is 10.6. The van der Waals surface area contributed by atoms with E-state index in [0.717, 1.165) is 6.29 Å². The molecule has 0 radical (unpaired) electrons. The van der Waals surface area contributed by atoms with Crippen molar-refractivity contribution in [3.8, 4) is 0 Å². The predicted octanol–water partition coefficient (Wildman–Crippen LogP) is -0.0842. The van der Waals surface area contributed by atoms with Crippen LogP contribution in [0.4, 0.5) is 5.82 Å². The summed E-state index contributed by atoms with van der Waals surface area (Å²) in [4.78, 5) is 22.5. The van der Waals surface area contributed by atoms with Gasteiger partial charge in [-0.15, -0.1) is 0 Å². The fraction of sp³-hybridized carbons (Fsp3) is 0.250. The molecule has 2 aromatic rings. The van der Waals surface area contributed by atoms with Crippen LogP contribution in [0.3, 0.4) is 0 Å². The van der Waals surface area contributed by atoms with E-state index in [9.17, 15) is 4.79 Å². The Bertz CT molecular complexity index is 490. The Morgan fingerprint density at radius 2 is 2.36 bits per heavy atom. The highest BCUT2D eigenvalue weighted by Crippen LogP contribution is 2.15. The van der Waals surface area contributed by atoms with E-state index in [2.05, 4.69) is 15.0 Å². The first-order valence-corrected chi connectivity index (χ1v) is 4.11. The second-order valence-corrected chi connectivity index (χ2v) is 2.89. The molecule has 0 fully saturated rings. The zero-order valence-corrected chi connectivity index (χ0v) is 7.64. The molecule has 0 atom stereocenters. The van der Waals surface area contributed by atoms with Crippen LogP contribution in [-0.2, 0) is 11.3 Å². The van der Waals surface area contributed by atoms with Gasteiger partial charge in [0.25, 0.3) is 0 Å². The van der Waals surface area contributed by atoms with Crippen molar-refractivity contribution in [2.75, 3.05) is 5.73 Å². The van der Waals surface area contributed by atoms with Gasteiger partial charge >= 0.3 is 0 Å². The number of nitrogens with two attached hydrogens (primary N) is 1. The van der Waals surface area contributed by atoms with Crippen LogP contribution in [0.1, 0.15) is 5.82 Å². The lowest BCUT2D eigenvalue weighted by Gasteiger charge is -1.99. The van der Waals surface area contributed by atoms with Gasteiger partial charge in [-0.05, 0) is 6.92 Å². The molecule has 0 saturated carbocycles. The molecule has 0 saturated heterocycles. The smallest absolute Gasteiger partial charge is 0.166 e. The number of aryl methyl sites for hydroxylation is 1. The monoisotopic (exact) mass is 191 g/mol. The van der Waals surface area contributed by atoms with Crippen molar-refractivity contribution < 1.29 is 4.79 Å². The Morgan fingerprint density at radius 1 is 1.57 bits per heavy atom. The number of nitrogens with zero attached hydrogens (tertiary/aromatic N) is 4. The van der Waals surface area contributed by atoms with Crippen molar-refractivity contribution in [3.63, 3.8) is 0 Å². The van der Waals surface area contributed by atoms with Crippen LogP contribution in [0.5, 0.6) is 0 Å². The first-order valence-electron chi connectivity index (χ1n) is 4.11. The first kappa shape index (κ1) is 8.61. The molecule has 0 unspecified atom stereocenters. The maximum absolute atomic E-state index is 10.4. The Labute approximate surface area is 79.8 Å². The maximum Gasteiger partial charge on any atom is 0.166 e. The highest BCUT2D eigenvalue weighted by atomic mass is 16.1. The van der Waals surface area contributed by atoms with Crippen molar-refractivity contribution in [3.05, 3.63) is 12.2 Å². The lowest BCUT2D eigenvalue weighted by molar-refractivity contribution is -0.108. The second kappa shape index (κ2) is 3.06. The van der Waals surface area contributed by atoms with Crippen LogP contribution in [0.25, 0.3) is 11.2 Å². The lowest BCUT2D eigenvalue weighted by atomic mass is 10.4. The van der Waals surface area contributed by atoms with Crippen molar-refractivity contribution in [1.29, 1.82) is 0 Å². The topological polar surface area (TPSA) is 86.7 Å². The number of hydrogen-bond acceptors (Lipinski definition) is 5. The van der Waals surface area contributed by atoms with E-state index in [1.165, 1.54) is 6.33 Å². The average molecular weight is 191 g/mol. The van der Waals surface area contributed by atoms with E-state index >= 15 is 0 Å². The zero-order chi connectivity index (χ0) is 10.1. The SMILES string of the molecule is Cc1nc(N)c2ncn(CC=O)c2n1. The molecular formula is C8H9N5O. The summed E-state index contributed by atoms with van der Waals surface area (Å²) in [5.74, 6) is 0.916. The minimum atomic E-state index is 0.229. The fourth-order valence-corrected chi connectivity index (χ4v) is 1.29. The number of aldehydes is 1. The highest BCUT2D eigenvalue weighted by molar-refractivity contribution is 5.81. The number of imidazole rings is 1. The van der Waals surface area contributed by atoms with Gasteiger partial charge in [-0.3, -0.25) is 0 Å². The summed E-state index contributed by atoms with van der Waals surface area (Å²) in [7, 11) is 0. The number of nitrogen functional groups attached to an aromatic ring is 1. The zero-order valence-electron chi connectivity index (χ0n) is 7.64. The van der Waals surface area contributed by atoms with E-state index in [4.69, 9.17) is 5.73 Å². The predicted molar refractivity (Wildman–Crippen MR) is 50.5 cm³/mol. The lowest BCUT2D eigenvalue weighted by Crippen LogP contribution is -2.02. The van der Waals surface area contributed by atoms with Crippen molar-refractivity contribution >= 4 is 23.3 Å². The van der Waals surface area contributed by atoms with Gasteiger partial charge in [0.05, 0.1) is 12.9 Å². The summed E-state index contributed by atoms with van der Waals surface area (Å²) in [6.07, 6.45) is 2.32. The van der Waals surface area contributed by atoms with Gasteiger partial charge in [-0.1, -0.05) is 0 Å². The average Bonchev–Trinajstić information content (AvgIpc) is 2.49. The van der Waals surface area contributed by atoms with Gasteiger partial charge in [-0.25, -0.2) is 15.0 Å². The summed E-state index contributed by atoms with van der Waals surface area (Å²) in [6, 6.07) is 0. The van der Waals surface area contributed by atoms with Crippen LogP contribution < -0.4 is 5.73 Å². The molecule has 6 nitrogen and oxygen atoms in total. The minimum absolute atomic E-state index is 0.229. The Balaban J connectivity index is 2.71. The molecular weight excluding hydrogens is 182 g/mol. The number of hydrogen-bond donors (Lipinski definition) is 1. The van der Waals surface area contributed by atoms with Crippen LogP contribution in [-0.4, -0.2) is 25.8 Å². The van der Waals surface area contributed by atoms with Gasteiger partial charge < -0.3 is 15.1 Å². The molecule has 72 valence electrons. The third-order valence-corrected chi connectivity index (χ3v) is 1.87. The number of carbonyl (C=O) groups excluding carboxylic acids is 1. The first-order chi connectivity index (χ1) is 6.72. The van der Waals surface area contributed by atoms with E-state index < -0.39 is 0 Å². The van der Waals surface area contributed by atoms with Gasteiger partial charge in [-0.2, -0.15) is 0 Å². The number of carbonyl (C=O) groups is 1. The van der Waals surface area contributed by atoms with Crippen molar-refractivity contribution in [1.82, 2.24) is 19.5 Å². The fourth-order valence-electron chi connectivity index (χ4n) is 1.29. The quantitative estimate of drug-likeness (QED) is 0.670. The molecule has 2 aromatic heterocycles. The van der Waals surface area contributed by atoms with E-state index in [1.807, 2.05) is 0 Å². The van der Waals surface area contributed by atoms with Crippen LogP contribution >= 0.6 is 0 Å². The number of anilines is 1. The molecule has 0 amide bonds. The van der Waals surface area contributed by atoms with Crippen LogP contribution in [0.15, 0.2) is 6.33 Å². The molecule has 0 aromatic carbocycles. The van der Waals surface area contributed by atoms with Crippen molar-refractivity contribution in [2.24, 2.45) is 0 Å². The Hall–Kier alpha value is -1.98. The molecule has 0 aliphatic rings. The maximum atomic E-state index is 10.4. The summed E-state index contributed by atoms with van der Waals surface area (Å²) < 4.78 is 1.63. The van der Waals surface area contributed by atoms with E-state index in [-0.39, 0.29) is 6.54 Å². The number of rotatable bonds is 2. The molecule has 2 rings (SSSR count). The molecule has 0 bridgehead atoms. The molecule has 0 aliphatic carbocycles. The van der Waals surface area contributed by atoms with E-state index in [1.54, 1.807) is 11.5 Å². The molecule has 2 N–H and O–H groups in total. The minimum Gasteiger partial charge on any atom is -0.382 e. The van der Waals surface area contributed by atoms with Crippen molar-refractivity contribution in [2.45, 2.75) is 13.5 Å². The summed E-state index contributed by atoms with van der Waals surface area (Å²) in [5.41, 5.74) is 6.79. The van der Waals surface area contributed by atoms with Crippen LogP contribution in [0.2, 0.25) is 0 Å². The van der Waals surface area contributed by atoms with Gasteiger partial charge in [0.1, 0.15) is 17.6 Å². The summed E-state index contributed by atoms with van der Waals surface area (Å²) >= 11 is 0.